The van der Waals surface area contributed by atoms with Crippen molar-refractivity contribution in [3.8, 4) is 0 Å². The molecule has 2 aromatic rings. The Morgan fingerprint density at radius 2 is 2.10 bits per heavy atom. The second kappa shape index (κ2) is 5.66. The van der Waals surface area contributed by atoms with Crippen molar-refractivity contribution in [2.24, 2.45) is 5.73 Å². The molecule has 0 saturated heterocycles. The Hall–Kier alpha value is -2.83. The van der Waals surface area contributed by atoms with E-state index in [1.54, 1.807) is 25.1 Å². The predicted molar refractivity (Wildman–Crippen MR) is 79.7 cm³/mol. The Kier molecular flexibility index (Phi) is 3.93. The standard InChI is InChI=1S/C14H17N5O2/c1-8-5-11(15)3-4-12(8)18-14(21)9(2)19-7-10(6-17-19)13(16)20/h3-7,9H,15H2,1-2H3,(H2,16,20)(H,18,21). The molecule has 5 N–H and O–H groups in total. The van der Waals surface area contributed by atoms with Crippen molar-refractivity contribution in [1.82, 2.24) is 9.78 Å². The molecule has 0 aliphatic carbocycles. The van der Waals surface area contributed by atoms with Crippen molar-refractivity contribution in [1.29, 1.82) is 0 Å². The average Bonchev–Trinajstić information content (AvgIpc) is 2.90. The number of hydrogen-bond donors (Lipinski definition) is 3. The van der Waals surface area contributed by atoms with Crippen LogP contribution in [0.4, 0.5) is 11.4 Å². The number of aromatic nitrogens is 2. The number of benzene rings is 1. The first-order valence-corrected chi connectivity index (χ1v) is 6.39. The maximum atomic E-state index is 12.2. The number of carbonyl (C=O) groups is 2. The van der Waals surface area contributed by atoms with Crippen LogP contribution in [0.5, 0.6) is 0 Å². The molecule has 0 radical (unpaired) electrons. The van der Waals surface area contributed by atoms with Gasteiger partial charge in [-0.3, -0.25) is 14.3 Å². The molecule has 1 aromatic carbocycles. The SMILES string of the molecule is Cc1cc(N)ccc1NC(=O)C(C)n1cc(C(N)=O)cn1. The highest BCUT2D eigenvalue weighted by Crippen LogP contribution is 2.19. The molecule has 0 spiro atoms. The Morgan fingerprint density at radius 3 is 2.67 bits per heavy atom. The molecule has 7 nitrogen and oxygen atoms in total. The Balaban J connectivity index is 2.13. The van der Waals surface area contributed by atoms with Gasteiger partial charge in [0.15, 0.2) is 0 Å². The molecule has 21 heavy (non-hydrogen) atoms. The van der Waals surface area contributed by atoms with E-state index in [1.807, 2.05) is 6.92 Å². The van der Waals surface area contributed by atoms with Crippen LogP contribution in [0.25, 0.3) is 0 Å². The number of carbonyl (C=O) groups excluding carboxylic acids is 2. The molecule has 2 rings (SSSR count). The summed E-state index contributed by atoms with van der Waals surface area (Å²) < 4.78 is 1.39. The fourth-order valence-corrected chi connectivity index (χ4v) is 1.86. The molecule has 110 valence electrons. The van der Waals surface area contributed by atoms with E-state index in [0.717, 1.165) is 5.56 Å². The first kappa shape index (κ1) is 14.6. The molecule has 1 aromatic heterocycles. The van der Waals surface area contributed by atoms with Crippen molar-refractivity contribution in [2.45, 2.75) is 19.9 Å². The zero-order chi connectivity index (χ0) is 15.6. The number of hydrogen-bond acceptors (Lipinski definition) is 4. The largest absolute Gasteiger partial charge is 0.399 e. The molecule has 0 aliphatic rings. The number of primary amides is 1. The van der Waals surface area contributed by atoms with Gasteiger partial charge in [0.25, 0.3) is 5.91 Å². The third-order valence-corrected chi connectivity index (χ3v) is 3.17. The second-order valence-electron chi connectivity index (χ2n) is 4.81. The van der Waals surface area contributed by atoms with Crippen molar-refractivity contribution in [2.75, 3.05) is 11.1 Å². The number of nitrogens with two attached hydrogens (primary N) is 2. The molecule has 2 amide bonds. The molecule has 0 bridgehead atoms. The van der Waals surface area contributed by atoms with E-state index in [9.17, 15) is 9.59 Å². The number of nitrogen functional groups attached to an aromatic ring is 1. The molecule has 1 heterocycles. The van der Waals surface area contributed by atoms with Gasteiger partial charge in [-0.15, -0.1) is 0 Å². The van der Waals surface area contributed by atoms with Crippen LogP contribution >= 0.6 is 0 Å². The number of rotatable bonds is 4. The van der Waals surface area contributed by atoms with Crippen LogP contribution in [0, 0.1) is 6.92 Å². The molecule has 0 fully saturated rings. The third kappa shape index (κ3) is 3.19. The van der Waals surface area contributed by atoms with Crippen LogP contribution in [0.15, 0.2) is 30.6 Å². The maximum Gasteiger partial charge on any atom is 0.251 e. The van der Waals surface area contributed by atoms with Crippen molar-refractivity contribution in [3.05, 3.63) is 41.7 Å². The minimum atomic E-state index is -0.580. The van der Waals surface area contributed by atoms with Gasteiger partial charge < -0.3 is 16.8 Å². The van der Waals surface area contributed by atoms with E-state index in [4.69, 9.17) is 11.5 Å². The first-order chi connectivity index (χ1) is 9.88. The smallest absolute Gasteiger partial charge is 0.251 e. The van der Waals surface area contributed by atoms with Gasteiger partial charge in [-0.05, 0) is 37.6 Å². The summed E-state index contributed by atoms with van der Waals surface area (Å²) in [5, 5.41) is 6.77. The van der Waals surface area contributed by atoms with Crippen LogP contribution in [-0.4, -0.2) is 21.6 Å². The summed E-state index contributed by atoms with van der Waals surface area (Å²) >= 11 is 0. The highest BCUT2D eigenvalue weighted by atomic mass is 16.2. The monoisotopic (exact) mass is 287 g/mol. The van der Waals surface area contributed by atoms with Crippen LogP contribution in [0.2, 0.25) is 0 Å². The quantitative estimate of drug-likeness (QED) is 0.729. The Bertz CT molecular complexity index is 692. The van der Waals surface area contributed by atoms with Crippen LogP contribution in [-0.2, 0) is 4.79 Å². The summed E-state index contributed by atoms with van der Waals surface area (Å²) in [5.41, 5.74) is 13.3. The number of aryl methyl sites for hydroxylation is 1. The number of nitrogens with zero attached hydrogens (tertiary/aromatic N) is 2. The Morgan fingerprint density at radius 1 is 1.38 bits per heavy atom. The number of anilines is 2. The summed E-state index contributed by atoms with van der Waals surface area (Å²) in [6, 6.07) is 4.66. The molecular weight excluding hydrogens is 270 g/mol. The second-order valence-corrected chi connectivity index (χ2v) is 4.81. The average molecular weight is 287 g/mol. The lowest BCUT2D eigenvalue weighted by atomic mass is 10.1. The summed E-state index contributed by atoms with van der Waals surface area (Å²) in [6.07, 6.45) is 2.78. The van der Waals surface area contributed by atoms with E-state index in [2.05, 4.69) is 10.4 Å². The fraction of sp³-hybridized carbons (Fsp3) is 0.214. The van der Waals surface area contributed by atoms with Crippen molar-refractivity contribution >= 4 is 23.2 Å². The van der Waals surface area contributed by atoms with E-state index in [1.165, 1.54) is 17.1 Å². The minimum absolute atomic E-state index is 0.248. The molecule has 1 atom stereocenters. The highest BCUT2D eigenvalue weighted by Gasteiger charge is 2.17. The van der Waals surface area contributed by atoms with E-state index < -0.39 is 11.9 Å². The number of amides is 2. The summed E-state index contributed by atoms with van der Waals surface area (Å²) in [4.78, 5) is 23.2. The topological polar surface area (TPSA) is 116 Å². The van der Waals surface area contributed by atoms with Gasteiger partial charge >= 0.3 is 0 Å². The van der Waals surface area contributed by atoms with Crippen LogP contribution in [0.3, 0.4) is 0 Å². The first-order valence-electron chi connectivity index (χ1n) is 6.39. The molecule has 7 heteroatoms. The predicted octanol–water partition coefficient (Wildman–Crippen LogP) is 1.07. The minimum Gasteiger partial charge on any atom is -0.399 e. The fourth-order valence-electron chi connectivity index (χ4n) is 1.86. The molecule has 0 aliphatic heterocycles. The van der Waals surface area contributed by atoms with Gasteiger partial charge in [-0.25, -0.2) is 0 Å². The van der Waals surface area contributed by atoms with Gasteiger partial charge in [-0.1, -0.05) is 0 Å². The zero-order valence-electron chi connectivity index (χ0n) is 11.8. The van der Waals surface area contributed by atoms with Gasteiger partial charge in [0.05, 0.1) is 11.8 Å². The molecule has 0 saturated carbocycles. The highest BCUT2D eigenvalue weighted by molar-refractivity contribution is 5.95. The molecular formula is C14H17N5O2. The Labute approximate surface area is 121 Å². The maximum absolute atomic E-state index is 12.2. The number of nitrogens with one attached hydrogen (secondary N) is 1. The summed E-state index contributed by atoms with van der Waals surface area (Å²) in [7, 11) is 0. The summed E-state index contributed by atoms with van der Waals surface area (Å²) in [6.45, 7) is 3.54. The van der Waals surface area contributed by atoms with Crippen LogP contribution < -0.4 is 16.8 Å². The van der Waals surface area contributed by atoms with Gasteiger partial charge in [0.1, 0.15) is 6.04 Å². The zero-order valence-corrected chi connectivity index (χ0v) is 11.8. The van der Waals surface area contributed by atoms with Crippen LogP contribution in [0.1, 0.15) is 28.9 Å². The van der Waals surface area contributed by atoms with Gasteiger partial charge in [0.2, 0.25) is 5.91 Å². The lowest BCUT2D eigenvalue weighted by Crippen LogP contribution is -2.24. The van der Waals surface area contributed by atoms with Crippen molar-refractivity contribution < 1.29 is 9.59 Å². The van der Waals surface area contributed by atoms with Crippen molar-refractivity contribution in [3.63, 3.8) is 0 Å². The normalized spacial score (nSPS) is 11.9. The summed E-state index contributed by atoms with van der Waals surface area (Å²) in [5.74, 6) is -0.828. The van der Waals surface area contributed by atoms with E-state index in [-0.39, 0.29) is 11.5 Å². The van der Waals surface area contributed by atoms with E-state index >= 15 is 0 Å². The lowest BCUT2D eigenvalue weighted by Gasteiger charge is -2.14. The third-order valence-electron chi connectivity index (χ3n) is 3.17. The van der Waals surface area contributed by atoms with E-state index in [0.29, 0.717) is 11.4 Å². The lowest BCUT2D eigenvalue weighted by molar-refractivity contribution is -0.119. The van der Waals surface area contributed by atoms with Gasteiger partial charge in [-0.2, -0.15) is 5.10 Å². The molecule has 1 unspecified atom stereocenters. The van der Waals surface area contributed by atoms with Gasteiger partial charge in [0, 0.05) is 17.6 Å².